The number of methoxy groups -OCH3 is 2. The number of allylic oxidation sites excluding steroid dienone is 1. The number of benzene rings is 1. The Balaban J connectivity index is 1.74. The molecule has 0 aliphatic carbocycles. The first-order chi connectivity index (χ1) is 16.8. The molecule has 4 rings (SSSR count). The monoisotopic (exact) mass is 501 g/mol. The first-order valence-electron chi connectivity index (χ1n) is 11.6. The minimum Gasteiger partial charge on any atom is -0.493 e. The van der Waals surface area contributed by atoms with E-state index in [0.717, 1.165) is 11.3 Å². The van der Waals surface area contributed by atoms with Crippen molar-refractivity contribution in [3.63, 3.8) is 0 Å². The van der Waals surface area contributed by atoms with Gasteiger partial charge in [0.25, 0.3) is 0 Å². The zero-order chi connectivity index (χ0) is 25.1. The molecule has 3 aliphatic heterocycles. The number of rotatable bonds is 7. The van der Waals surface area contributed by atoms with Gasteiger partial charge in [-0.1, -0.05) is 17.8 Å². The summed E-state index contributed by atoms with van der Waals surface area (Å²) in [7, 11) is 3.15. The summed E-state index contributed by atoms with van der Waals surface area (Å²) < 4.78 is 21.9. The summed E-state index contributed by atoms with van der Waals surface area (Å²) in [5.74, 6) is 0.716. The number of nitrogens with zero attached hydrogens (tertiary/aromatic N) is 3. The van der Waals surface area contributed by atoms with Crippen molar-refractivity contribution in [1.29, 1.82) is 0 Å². The zero-order valence-electron chi connectivity index (χ0n) is 20.7. The van der Waals surface area contributed by atoms with E-state index in [2.05, 4.69) is 0 Å². The van der Waals surface area contributed by atoms with Gasteiger partial charge in [0.15, 0.2) is 16.7 Å². The van der Waals surface area contributed by atoms with E-state index in [1.807, 2.05) is 54.2 Å². The van der Waals surface area contributed by atoms with E-state index in [4.69, 9.17) is 23.9 Å². The van der Waals surface area contributed by atoms with Crippen LogP contribution in [0, 0.1) is 0 Å². The molecule has 9 nitrogen and oxygen atoms in total. The predicted molar refractivity (Wildman–Crippen MR) is 133 cm³/mol. The fourth-order valence-corrected chi connectivity index (χ4v) is 5.29. The first kappa shape index (κ1) is 25.1. The Morgan fingerprint density at radius 3 is 2.54 bits per heavy atom. The molecule has 1 atom stereocenters. The number of fused-ring (bicyclic) bond motifs is 1. The van der Waals surface area contributed by atoms with Crippen molar-refractivity contribution in [3.05, 3.63) is 46.1 Å². The van der Waals surface area contributed by atoms with E-state index in [-0.39, 0.29) is 18.4 Å². The molecule has 1 unspecified atom stereocenters. The molecule has 0 bridgehead atoms. The second kappa shape index (κ2) is 10.7. The van der Waals surface area contributed by atoms with Crippen LogP contribution in [-0.2, 0) is 19.1 Å². The highest BCUT2D eigenvalue weighted by molar-refractivity contribution is 8.16. The van der Waals surface area contributed by atoms with Gasteiger partial charge in [0.2, 0.25) is 5.91 Å². The molecule has 35 heavy (non-hydrogen) atoms. The third kappa shape index (κ3) is 5.18. The number of ether oxygens (including phenoxy) is 4. The smallest absolute Gasteiger partial charge is 0.338 e. The second-order valence-electron chi connectivity index (χ2n) is 8.63. The van der Waals surface area contributed by atoms with Crippen LogP contribution in [0.15, 0.2) is 45.6 Å². The Kier molecular flexibility index (Phi) is 7.71. The Morgan fingerprint density at radius 1 is 1.17 bits per heavy atom. The van der Waals surface area contributed by atoms with E-state index >= 15 is 0 Å². The minimum atomic E-state index is -0.535. The Morgan fingerprint density at radius 2 is 1.89 bits per heavy atom. The molecule has 188 valence electrons. The van der Waals surface area contributed by atoms with Crippen molar-refractivity contribution in [2.75, 3.05) is 40.5 Å². The molecule has 1 amide bonds. The highest BCUT2D eigenvalue weighted by Crippen LogP contribution is 2.46. The molecule has 1 aromatic rings. The maximum absolute atomic E-state index is 13.3. The zero-order valence-corrected chi connectivity index (χ0v) is 21.5. The number of thioether (sulfide) groups is 1. The molecule has 1 fully saturated rings. The molecule has 0 radical (unpaired) electrons. The van der Waals surface area contributed by atoms with E-state index in [1.54, 1.807) is 14.2 Å². The van der Waals surface area contributed by atoms with E-state index in [9.17, 15) is 9.59 Å². The third-order valence-electron chi connectivity index (χ3n) is 5.98. The Hall–Kier alpha value is -2.98. The summed E-state index contributed by atoms with van der Waals surface area (Å²) in [4.78, 5) is 34.9. The van der Waals surface area contributed by atoms with Gasteiger partial charge in [0, 0.05) is 18.8 Å². The molecule has 0 N–H and O–H groups in total. The van der Waals surface area contributed by atoms with Gasteiger partial charge in [-0.15, -0.1) is 0 Å². The van der Waals surface area contributed by atoms with Crippen LogP contribution < -0.4 is 9.47 Å². The largest absolute Gasteiger partial charge is 0.493 e. The summed E-state index contributed by atoms with van der Waals surface area (Å²) >= 11 is 1.45. The number of hydrogen-bond donors (Lipinski definition) is 0. The molecular formula is C25H31N3O6S. The van der Waals surface area contributed by atoms with Crippen molar-refractivity contribution in [2.45, 2.75) is 39.3 Å². The Bertz CT molecular complexity index is 1090. The maximum Gasteiger partial charge on any atom is 0.338 e. The average molecular weight is 502 g/mol. The highest BCUT2D eigenvalue weighted by Gasteiger charge is 2.42. The minimum absolute atomic E-state index is 0.0186. The van der Waals surface area contributed by atoms with Crippen LogP contribution in [0.3, 0.4) is 0 Å². The predicted octanol–water partition coefficient (Wildman–Crippen LogP) is 3.48. The summed E-state index contributed by atoms with van der Waals surface area (Å²) in [6.45, 7) is 7.67. The summed E-state index contributed by atoms with van der Waals surface area (Å²) in [5, 5.41) is 2.66. The van der Waals surface area contributed by atoms with Crippen molar-refractivity contribution < 1.29 is 28.5 Å². The lowest BCUT2D eigenvalue weighted by Crippen LogP contribution is -2.42. The lowest BCUT2D eigenvalue weighted by Gasteiger charge is -2.37. The lowest BCUT2D eigenvalue weighted by molar-refractivity contribution is -0.143. The number of esters is 1. The van der Waals surface area contributed by atoms with Gasteiger partial charge in [-0.2, -0.15) is 0 Å². The number of carbonyl (C=O) groups excluding carboxylic acids is 2. The van der Waals surface area contributed by atoms with E-state index in [1.165, 1.54) is 11.8 Å². The fourth-order valence-electron chi connectivity index (χ4n) is 4.33. The van der Waals surface area contributed by atoms with E-state index in [0.29, 0.717) is 54.2 Å². The van der Waals surface area contributed by atoms with Gasteiger partial charge in [-0.05, 0) is 43.9 Å². The molecule has 3 heterocycles. The van der Waals surface area contributed by atoms with Crippen molar-refractivity contribution in [2.24, 2.45) is 4.99 Å². The van der Waals surface area contributed by atoms with Crippen LogP contribution in [0.1, 0.15) is 38.8 Å². The van der Waals surface area contributed by atoms with E-state index < -0.39 is 12.0 Å². The first-order valence-corrected chi connectivity index (χ1v) is 12.4. The molecule has 1 aromatic carbocycles. The van der Waals surface area contributed by atoms with Gasteiger partial charge in [0.05, 0.1) is 57.3 Å². The van der Waals surface area contributed by atoms with Crippen LogP contribution >= 0.6 is 11.8 Å². The SMILES string of the molecule is COc1ccc(C2C(C(=O)OC(C)C)=C(C)N=C3SC=C(CC(=O)N4CCOCC4)N32)cc1OC. The molecular weight excluding hydrogens is 470 g/mol. The number of aliphatic imine (C=N–C) groups is 1. The van der Waals surface area contributed by atoms with Crippen LogP contribution in [0.2, 0.25) is 0 Å². The third-order valence-corrected chi connectivity index (χ3v) is 6.87. The molecule has 10 heteroatoms. The number of carbonyl (C=O) groups is 2. The summed E-state index contributed by atoms with van der Waals surface area (Å²) in [5.41, 5.74) is 2.61. The number of hydrogen-bond acceptors (Lipinski definition) is 9. The van der Waals surface area contributed by atoms with Crippen LogP contribution in [0.5, 0.6) is 11.5 Å². The summed E-state index contributed by atoms with van der Waals surface area (Å²) in [6, 6.07) is 5.03. The number of amidine groups is 1. The van der Waals surface area contributed by atoms with Crippen molar-refractivity contribution in [3.8, 4) is 11.5 Å². The van der Waals surface area contributed by atoms with Gasteiger partial charge >= 0.3 is 5.97 Å². The van der Waals surface area contributed by atoms with Crippen LogP contribution in [-0.4, -0.2) is 73.5 Å². The standard InChI is InChI=1S/C25H31N3O6S/c1-15(2)34-24(30)22-16(3)26-25-28(23(22)17-6-7-19(31-4)20(12-17)32-5)18(14-35-25)13-21(29)27-8-10-33-11-9-27/h6-7,12,14-15,23H,8-11,13H2,1-5H3. The van der Waals surface area contributed by atoms with Gasteiger partial charge in [0.1, 0.15) is 0 Å². The average Bonchev–Trinajstić information content (AvgIpc) is 3.24. The maximum atomic E-state index is 13.3. The molecule has 3 aliphatic rings. The highest BCUT2D eigenvalue weighted by atomic mass is 32.2. The summed E-state index contributed by atoms with van der Waals surface area (Å²) in [6.07, 6.45) is -0.0912. The van der Waals surface area contributed by atoms with Gasteiger partial charge < -0.3 is 28.7 Å². The van der Waals surface area contributed by atoms with Gasteiger partial charge in [-0.25, -0.2) is 9.79 Å². The number of morpholine rings is 1. The normalized spacial score (nSPS) is 19.9. The van der Waals surface area contributed by atoms with Crippen LogP contribution in [0.4, 0.5) is 0 Å². The van der Waals surface area contributed by atoms with Gasteiger partial charge in [-0.3, -0.25) is 4.79 Å². The second-order valence-corrected chi connectivity index (χ2v) is 9.47. The lowest BCUT2D eigenvalue weighted by atomic mass is 9.93. The molecule has 0 spiro atoms. The Labute approximate surface area is 209 Å². The quantitative estimate of drug-likeness (QED) is 0.525. The fraction of sp³-hybridized carbons (Fsp3) is 0.480. The number of amides is 1. The van der Waals surface area contributed by atoms with Crippen LogP contribution in [0.25, 0.3) is 0 Å². The molecule has 0 aromatic heterocycles. The van der Waals surface area contributed by atoms with Crippen molar-refractivity contribution in [1.82, 2.24) is 9.80 Å². The topological polar surface area (TPSA) is 89.9 Å². The van der Waals surface area contributed by atoms with Crippen molar-refractivity contribution >= 4 is 28.8 Å². The molecule has 1 saturated heterocycles. The molecule has 0 saturated carbocycles.